The fourth-order valence-electron chi connectivity index (χ4n) is 6.18. The number of piperazine rings is 1. The van der Waals surface area contributed by atoms with E-state index in [1.165, 1.54) is 12.1 Å². The average molecular weight is 608 g/mol. The Morgan fingerprint density at radius 2 is 1.88 bits per heavy atom. The summed E-state index contributed by atoms with van der Waals surface area (Å²) in [5.74, 6) is -3.45. The Bertz CT molecular complexity index is 1670. The number of likely N-dealkylation sites (tertiary alicyclic amines) is 1. The van der Waals surface area contributed by atoms with Crippen molar-refractivity contribution in [1.29, 1.82) is 0 Å². The number of hydrogen-bond acceptors (Lipinski definition) is 9. The van der Waals surface area contributed by atoms with Crippen LogP contribution in [-0.2, 0) is 0 Å². The number of alkyl halides is 2. The van der Waals surface area contributed by atoms with Gasteiger partial charge in [0.2, 0.25) is 0 Å². The van der Waals surface area contributed by atoms with E-state index in [1.54, 1.807) is 17.9 Å². The van der Waals surface area contributed by atoms with E-state index < -0.39 is 23.7 Å². The van der Waals surface area contributed by atoms with Crippen LogP contribution in [0.1, 0.15) is 19.8 Å². The largest absolute Gasteiger partial charge is 0.459 e. The maximum atomic E-state index is 16.5. The van der Waals surface area contributed by atoms with Crippen molar-refractivity contribution in [1.82, 2.24) is 25.2 Å². The molecule has 7 rings (SSSR count). The monoisotopic (exact) mass is 607 g/mol. The second-order valence-corrected chi connectivity index (χ2v) is 12.5. The SMILES string of the molecule is CC(CN1CC(F)(F)C1)Oc1nc(N2CC3CCC(C2)N3)c2cc(Cl)c(-c3ccc(F)c4sc(N)nc34)c(F)c2n1. The zero-order valence-electron chi connectivity index (χ0n) is 21.9. The third-order valence-electron chi connectivity index (χ3n) is 7.87. The molecule has 0 saturated carbocycles. The molecule has 0 spiro atoms. The number of hydrogen-bond donors (Lipinski definition) is 2. The summed E-state index contributed by atoms with van der Waals surface area (Å²) >= 11 is 7.69. The zero-order chi connectivity index (χ0) is 28.6. The predicted molar refractivity (Wildman–Crippen MR) is 151 cm³/mol. The molecule has 3 aliphatic heterocycles. The van der Waals surface area contributed by atoms with Crippen LogP contribution < -0.4 is 20.7 Å². The molecular weight excluding hydrogens is 582 g/mol. The van der Waals surface area contributed by atoms with Crippen molar-refractivity contribution < 1.29 is 22.3 Å². The van der Waals surface area contributed by atoms with E-state index in [0.717, 1.165) is 24.2 Å². The van der Waals surface area contributed by atoms with Gasteiger partial charge in [0.1, 0.15) is 23.3 Å². The van der Waals surface area contributed by atoms with Crippen LogP contribution in [0.3, 0.4) is 0 Å². The number of ether oxygens (including phenoxy) is 1. The van der Waals surface area contributed by atoms with Gasteiger partial charge in [-0.3, -0.25) is 4.90 Å². The van der Waals surface area contributed by atoms with Crippen LogP contribution in [0.15, 0.2) is 18.2 Å². The Balaban J connectivity index is 1.34. The number of benzene rings is 2. The number of nitrogens with zero attached hydrogens (tertiary/aromatic N) is 5. The van der Waals surface area contributed by atoms with Crippen LogP contribution in [-0.4, -0.2) is 76.7 Å². The van der Waals surface area contributed by atoms with Crippen LogP contribution in [0.2, 0.25) is 5.02 Å². The number of fused-ring (bicyclic) bond motifs is 4. The summed E-state index contributed by atoms with van der Waals surface area (Å²) in [4.78, 5) is 17.0. The quantitative estimate of drug-likeness (QED) is 0.293. The first-order chi connectivity index (χ1) is 19.5. The Labute approximate surface area is 241 Å². The number of nitrogens with two attached hydrogens (primary N) is 1. The van der Waals surface area contributed by atoms with Crippen LogP contribution in [0.25, 0.3) is 32.2 Å². The maximum Gasteiger partial charge on any atom is 0.319 e. The van der Waals surface area contributed by atoms with Crippen molar-refractivity contribution in [3.05, 3.63) is 34.9 Å². The standard InChI is InChI=1S/C27H26ClF4N7OS/c1-12(7-38-10-27(31,32)11-38)40-26-36-21-16(24(37-26)39-8-13-2-3-14(9-39)34-13)6-17(28)19(20(21)30)15-4-5-18(29)23-22(15)35-25(33)41-23/h4-6,12-14,34H,2-3,7-11H2,1H3,(H2,33,35). The van der Waals surface area contributed by atoms with Gasteiger partial charge in [0, 0.05) is 48.2 Å². The lowest BCUT2D eigenvalue weighted by Gasteiger charge is -2.39. The second kappa shape index (κ2) is 9.79. The van der Waals surface area contributed by atoms with E-state index in [9.17, 15) is 13.2 Å². The molecule has 4 aromatic rings. The number of nitrogen functional groups attached to an aromatic ring is 1. The molecule has 3 unspecified atom stereocenters. The molecule has 3 aliphatic rings. The summed E-state index contributed by atoms with van der Waals surface area (Å²) in [6.45, 7) is 2.64. The first kappa shape index (κ1) is 26.9. The van der Waals surface area contributed by atoms with Crippen molar-refractivity contribution in [3.8, 4) is 17.1 Å². The Morgan fingerprint density at radius 3 is 2.59 bits per heavy atom. The lowest BCUT2D eigenvalue weighted by atomic mass is 10.0. The van der Waals surface area contributed by atoms with E-state index in [0.29, 0.717) is 24.3 Å². The molecule has 0 radical (unpaired) electrons. The van der Waals surface area contributed by atoms with Gasteiger partial charge in [-0.15, -0.1) is 0 Å². The summed E-state index contributed by atoms with van der Waals surface area (Å²) in [5, 5.41) is 4.23. The molecule has 3 N–H and O–H groups in total. The van der Waals surface area contributed by atoms with E-state index in [4.69, 9.17) is 22.1 Å². The minimum atomic E-state index is -2.69. The molecule has 14 heteroatoms. The molecule has 3 saturated heterocycles. The molecule has 3 fully saturated rings. The summed E-state index contributed by atoms with van der Waals surface area (Å²) in [5.41, 5.74) is 6.35. The molecule has 0 amide bonds. The van der Waals surface area contributed by atoms with Crippen molar-refractivity contribution in [2.24, 2.45) is 0 Å². The van der Waals surface area contributed by atoms with Gasteiger partial charge in [-0.1, -0.05) is 22.9 Å². The topological polar surface area (TPSA) is 92.4 Å². The fraction of sp³-hybridized carbons (Fsp3) is 0.444. The number of rotatable bonds is 6. The minimum Gasteiger partial charge on any atom is -0.459 e. The van der Waals surface area contributed by atoms with Gasteiger partial charge in [-0.2, -0.15) is 9.97 Å². The zero-order valence-corrected chi connectivity index (χ0v) is 23.5. The van der Waals surface area contributed by atoms with Gasteiger partial charge in [-0.25, -0.2) is 22.5 Å². The van der Waals surface area contributed by atoms with Crippen LogP contribution in [0.4, 0.5) is 28.5 Å². The summed E-state index contributed by atoms with van der Waals surface area (Å²) in [6, 6.07) is 4.76. The molecule has 216 valence electrons. The number of thiazole rings is 1. The van der Waals surface area contributed by atoms with Crippen LogP contribution in [0, 0.1) is 11.6 Å². The van der Waals surface area contributed by atoms with E-state index >= 15 is 4.39 Å². The summed E-state index contributed by atoms with van der Waals surface area (Å²) < 4.78 is 63.9. The van der Waals surface area contributed by atoms with Crippen molar-refractivity contribution in [3.63, 3.8) is 0 Å². The van der Waals surface area contributed by atoms with E-state index in [-0.39, 0.29) is 74.7 Å². The van der Waals surface area contributed by atoms with Crippen molar-refractivity contribution in [2.45, 2.75) is 43.9 Å². The number of anilines is 2. The highest BCUT2D eigenvalue weighted by atomic mass is 35.5. The molecule has 8 nitrogen and oxygen atoms in total. The van der Waals surface area contributed by atoms with Gasteiger partial charge >= 0.3 is 6.01 Å². The third-order valence-corrected chi connectivity index (χ3v) is 9.06. The first-order valence-electron chi connectivity index (χ1n) is 13.4. The van der Waals surface area contributed by atoms with Crippen molar-refractivity contribution in [2.75, 3.05) is 43.4 Å². The molecule has 3 atom stereocenters. The predicted octanol–water partition coefficient (Wildman–Crippen LogP) is 5.08. The highest BCUT2D eigenvalue weighted by Crippen LogP contribution is 2.43. The molecule has 5 heterocycles. The van der Waals surface area contributed by atoms with Gasteiger partial charge in [0.05, 0.1) is 28.3 Å². The Morgan fingerprint density at radius 1 is 1.15 bits per heavy atom. The molecule has 2 bridgehead atoms. The highest BCUT2D eigenvalue weighted by Gasteiger charge is 2.44. The maximum absolute atomic E-state index is 16.5. The third kappa shape index (κ3) is 4.82. The van der Waals surface area contributed by atoms with E-state index in [2.05, 4.69) is 25.2 Å². The minimum absolute atomic E-state index is 0.0151. The molecule has 0 aliphatic carbocycles. The summed E-state index contributed by atoms with van der Waals surface area (Å²) in [6.07, 6.45) is 1.53. The normalized spacial score (nSPS) is 22.8. The summed E-state index contributed by atoms with van der Waals surface area (Å²) in [7, 11) is 0. The number of aromatic nitrogens is 3. The smallest absolute Gasteiger partial charge is 0.319 e. The van der Waals surface area contributed by atoms with Crippen LogP contribution >= 0.6 is 22.9 Å². The Hall–Kier alpha value is -3.00. The van der Waals surface area contributed by atoms with Gasteiger partial charge in [0.25, 0.3) is 5.92 Å². The molecule has 2 aromatic carbocycles. The average Bonchev–Trinajstić information content (AvgIpc) is 3.45. The van der Waals surface area contributed by atoms with Gasteiger partial charge < -0.3 is 20.7 Å². The van der Waals surface area contributed by atoms with E-state index in [1.807, 2.05) is 0 Å². The number of nitrogens with one attached hydrogen (secondary N) is 1. The second-order valence-electron chi connectivity index (χ2n) is 11.1. The van der Waals surface area contributed by atoms with Crippen molar-refractivity contribution >= 4 is 55.0 Å². The lowest BCUT2D eigenvalue weighted by molar-refractivity contribution is -0.136. The van der Waals surface area contributed by atoms with Gasteiger partial charge in [0.15, 0.2) is 10.9 Å². The Kier molecular flexibility index (Phi) is 6.41. The molecular formula is C27H26ClF4N7OS. The molecule has 41 heavy (non-hydrogen) atoms. The fourth-order valence-corrected chi connectivity index (χ4v) is 7.24. The van der Waals surface area contributed by atoms with Gasteiger partial charge in [-0.05, 0) is 38.0 Å². The molecule has 2 aromatic heterocycles. The van der Waals surface area contributed by atoms with Crippen LogP contribution in [0.5, 0.6) is 6.01 Å². The first-order valence-corrected chi connectivity index (χ1v) is 14.6. The number of halogens is 5. The lowest BCUT2D eigenvalue weighted by Crippen LogP contribution is -2.58. The highest BCUT2D eigenvalue weighted by molar-refractivity contribution is 7.22.